The zero-order chi connectivity index (χ0) is 12.5. The van der Waals surface area contributed by atoms with Crippen molar-refractivity contribution >= 4 is 21.5 Å². The highest BCUT2D eigenvalue weighted by atomic mass is 32.2. The molecule has 0 saturated carbocycles. The summed E-state index contributed by atoms with van der Waals surface area (Å²) in [5.74, 6) is -1.52. The van der Waals surface area contributed by atoms with Crippen molar-refractivity contribution in [1.29, 1.82) is 0 Å². The maximum atomic E-state index is 11.3. The SMILES string of the molecule is CS(=O)(=O)c1c(C(=O)O)cccc1[N+](=O)[O-]. The molecule has 0 radical (unpaired) electrons. The monoisotopic (exact) mass is 245 g/mol. The third-order valence-corrected chi connectivity index (χ3v) is 2.96. The molecule has 1 aromatic rings. The summed E-state index contributed by atoms with van der Waals surface area (Å²) in [6.45, 7) is 0. The Hall–Kier alpha value is -1.96. The van der Waals surface area contributed by atoms with E-state index in [1.165, 1.54) is 0 Å². The van der Waals surface area contributed by atoms with Gasteiger partial charge in [-0.25, -0.2) is 13.2 Å². The molecule has 0 aliphatic carbocycles. The maximum absolute atomic E-state index is 11.3. The van der Waals surface area contributed by atoms with Crippen LogP contribution in [0.3, 0.4) is 0 Å². The molecule has 0 aliphatic rings. The molecule has 0 aromatic heterocycles. The van der Waals surface area contributed by atoms with Crippen LogP contribution in [0.1, 0.15) is 10.4 Å². The quantitative estimate of drug-likeness (QED) is 0.619. The minimum absolute atomic E-state index is 0.600. The lowest BCUT2D eigenvalue weighted by atomic mass is 10.2. The fourth-order valence-electron chi connectivity index (χ4n) is 1.23. The molecule has 1 rings (SSSR count). The van der Waals surface area contributed by atoms with Crippen molar-refractivity contribution in [3.8, 4) is 0 Å². The standard InChI is InChI=1S/C8H7NO6S/c1-16(14,15)7-5(8(10)11)3-2-4-6(7)9(12)13/h2-4H,1H3,(H,10,11). The number of carboxylic acid groups (broad SMARTS) is 1. The lowest BCUT2D eigenvalue weighted by Gasteiger charge is -2.04. The van der Waals surface area contributed by atoms with Gasteiger partial charge in [-0.2, -0.15) is 0 Å². The zero-order valence-electron chi connectivity index (χ0n) is 8.08. The average molecular weight is 245 g/mol. The molecule has 0 atom stereocenters. The fourth-order valence-corrected chi connectivity index (χ4v) is 2.30. The summed E-state index contributed by atoms with van der Waals surface area (Å²) in [5.41, 5.74) is -1.33. The summed E-state index contributed by atoms with van der Waals surface area (Å²) in [4.78, 5) is 19.6. The summed E-state index contributed by atoms with van der Waals surface area (Å²) in [5, 5.41) is 19.3. The Morgan fingerprint density at radius 2 is 2.00 bits per heavy atom. The van der Waals surface area contributed by atoms with Crippen LogP contribution in [0.25, 0.3) is 0 Å². The Morgan fingerprint density at radius 1 is 1.44 bits per heavy atom. The number of hydrogen-bond acceptors (Lipinski definition) is 5. The normalized spacial score (nSPS) is 11.1. The minimum atomic E-state index is -3.98. The first-order valence-electron chi connectivity index (χ1n) is 3.96. The average Bonchev–Trinajstić information content (AvgIpc) is 2.15. The van der Waals surface area contributed by atoms with Crippen LogP contribution >= 0.6 is 0 Å². The molecule has 86 valence electrons. The van der Waals surface area contributed by atoms with E-state index in [0.717, 1.165) is 24.5 Å². The zero-order valence-corrected chi connectivity index (χ0v) is 8.89. The Balaban J connectivity index is 3.75. The van der Waals surface area contributed by atoms with Crippen molar-refractivity contribution in [3.63, 3.8) is 0 Å². The Morgan fingerprint density at radius 3 is 2.38 bits per heavy atom. The Labute approximate surface area is 90.4 Å². The number of carboxylic acids is 1. The van der Waals surface area contributed by atoms with Crippen molar-refractivity contribution in [1.82, 2.24) is 0 Å². The van der Waals surface area contributed by atoms with E-state index in [9.17, 15) is 23.3 Å². The van der Waals surface area contributed by atoms with Gasteiger partial charge in [-0.3, -0.25) is 10.1 Å². The molecular formula is C8H7NO6S. The number of hydrogen-bond donors (Lipinski definition) is 1. The van der Waals surface area contributed by atoms with E-state index in [1.807, 2.05) is 0 Å². The van der Waals surface area contributed by atoms with Crippen molar-refractivity contribution < 1.29 is 23.2 Å². The number of sulfone groups is 1. The van der Waals surface area contributed by atoms with Gasteiger partial charge in [-0.15, -0.1) is 0 Å². The molecule has 1 N–H and O–H groups in total. The molecular weight excluding hydrogens is 238 g/mol. The minimum Gasteiger partial charge on any atom is -0.478 e. The van der Waals surface area contributed by atoms with Gasteiger partial charge in [0.2, 0.25) is 0 Å². The van der Waals surface area contributed by atoms with Gasteiger partial charge in [0.1, 0.15) is 0 Å². The van der Waals surface area contributed by atoms with Gasteiger partial charge < -0.3 is 5.11 Å². The summed E-state index contributed by atoms with van der Waals surface area (Å²) in [7, 11) is -3.98. The predicted octanol–water partition coefficient (Wildman–Crippen LogP) is 0.697. The van der Waals surface area contributed by atoms with Crippen LogP contribution < -0.4 is 0 Å². The van der Waals surface area contributed by atoms with Crippen LogP contribution in [0.4, 0.5) is 5.69 Å². The van der Waals surface area contributed by atoms with E-state index in [-0.39, 0.29) is 0 Å². The first-order chi connectivity index (χ1) is 7.25. The lowest BCUT2D eigenvalue weighted by molar-refractivity contribution is -0.387. The lowest BCUT2D eigenvalue weighted by Crippen LogP contribution is -2.10. The number of rotatable bonds is 3. The molecule has 0 saturated heterocycles. The highest BCUT2D eigenvalue weighted by Crippen LogP contribution is 2.27. The number of nitro benzene ring substituents is 1. The van der Waals surface area contributed by atoms with Crippen molar-refractivity contribution in [3.05, 3.63) is 33.9 Å². The van der Waals surface area contributed by atoms with E-state index in [1.54, 1.807) is 0 Å². The Kier molecular flexibility index (Phi) is 2.95. The number of carbonyl (C=O) groups is 1. The summed E-state index contributed by atoms with van der Waals surface area (Å²) in [6, 6.07) is 3.07. The van der Waals surface area contributed by atoms with Gasteiger partial charge in [0.15, 0.2) is 14.7 Å². The summed E-state index contributed by atoms with van der Waals surface area (Å²) >= 11 is 0. The van der Waals surface area contributed by atoms with E-state index >= 15 is 0 Å². The topological polar surface area (TPSA) is 115 Å². The first kappa shape index (κ1) is 12.1. The van der Waals surface area contributed by atoms with Gasteiger partial charge >= 0.3 is 5.97 Å². The fraction of sp³-hybridized carbons (Fsp3) is 0.125. The molecule has 16 heavy (non-hydrogen) atoms. The molecule has 0 aliphatic heterocycles. The van der Waals surface area contributed by atoms with Gasteiger partial charge in [-0.05, 0) is 6.07 Å². The van der Waals surface area contributed by atoms with E-state index in [2.05, 4.69) is 0 Å². The van der Waals surface area contributed by atoms with Crippen LogP contribution in [0.15, 0.2) is 23.1 Å². The number of nitrogens with zero attached hydrogens (tertiary/aromatic N) is 1. The van der Waals surface area contributed by atoms with Gasteiger partial charge in [-0.1, -0.05) is 6.07 Å². The molecule has 0 bridgehead atoms. The Bertz CT molecular complexity index is 530. The van der Waals surface area contributed by atoms with Crippen molar-refractivity contribution in [2.24, 2.45) is 0 Å². The van der Waals surface area contributed by atoms with Crippen LogP contribution in [-0.4, -0.2) is 30.7 Å². The van der Waals surface area contributed by atoms with Crippen molar-refractivity contribution in [2.45, 2.75) is 4.90 Å². The first-order valence-corrected chi connectivity index (χ1v) is 5.85. The predicted molar refractivity (Wildman–Crippen MR) is 53.2 cm³/mol. The molecule has 0 amide bonds. The van der Waals surface area contributed by atoms with Crippen LogP contribution in [0.5, 0.6) is 0 Å². The summed E-state index contributed by atoms with van der Waals surface area (Å²) in [6.07, 6.45) is 0.724. The molecule has 0 fully saturated rings. The number of nitro groups is 1. The number of benzene rings is 1. The third kappa shape index (κ3) is 2.16. The second kappa shape index (κ2) is 3.89. The smallest absolute Gasteiger partial charge is 0.337 e. The van der Waals surface area contributed by atoms with Crippen LogP contribution in [-0.2, 0) is 9.84 Å². The molecule has 0 spiro atoms. The van der Waals surface area contributed by atoms with Gasteiger partial charge in [0.25, 0.3) is 5.69 Å². The maximum Gasteiger partial charge on any atom is 0.337 e. The number of aromatic carboxylic acids is 1. The van der Waals surface area contributed by atoms with E-state index in [0.29, 0.717) is 0 Å². The molecule has 1 aromatic carbocycles. The van der Waals surface area contributed by atoms with E-state index < -0.39 is 36.9 Å². The second-order valence-electron chi connectivity index (χ2n) is 2.99. The largest absolute Gasteiger partial charge is 0.478 e. The van der Waals surface area contributed by atoms with Gasteiger partial charge in [0, 0.05) is 12.3 Å². The van der Waals surface area contributed by atoms with Gasteiger partial charge in [0.05, 0.1) is 10.5 Å². The third-order valence-electron chi connectivity index (χ3n) is 1.79. The highest BCUT2D eigenvalue weighted by molar-refractivity contribution is 7.91. The molecule has 0 heterocycles. The van der Waals surface area contributed by atoms with Crippen LogP contribution in [0.2, 0.25) is 0 Å². The molecule has 7 nitrogen and oxygen atoms in total. The van der Waals surface area contributed by atoms with E-state index in [4.69, 9.17) is 5.11 Å². The molecule has 8 heteroatoms. The highest BCUT2D eigenvalue weighted by Gasteiger charge is 2.28. The second-order valence-corrected chi connectivity index (χ2v) is 4.94. The van der Waals surface area contributed by atoms with Crippen molar-refractivity contribution in [2.75, 3.05) is 6.26 Å². The molecule has 0 unspecified atom stereocenters. The summed E-state index contributed by atoms with van der Waals surface area (Å²) < 4.78 is 22.6. The van der Waals surface area contributed by atoms with Crippen LogP contribution in [0, 0.1) is 10.1 Å².